The fraction of sp³-hybridized carbons (Fsp3) is 0.333. The van der Waals surface area contributed by atoms with Gasteiger partial charge in [-0.3, -0.25) is 9.59 Å². The van der Waals surface area contributed by atoms with E-state index in [1.54, 1.807) is 20.9 Å². The van der Waals surface area contributed by atoms with Gasteiger partial charge in [-0.1, -0.05) is 49.7 Å². The van der Waals surface area contributed by atoms with Crippen molar-refractivity contribution in [2.75, 3.05) is 7.05 Å². The molecule has 0 aliphatic rings. The summed E-state index contributed by atoms with van der Waals surface area (Å²) < 4.78 is 27.7. The Hall–Kier alpha value is -2.76. The molecule has 0 heterocycles. The Morgan fingerprint density at radius 3 is 2.11 bits per heavy atom. The minimum absolute atomic E-state index is 0.253. The van der Waals surface area contributed by atoms with Crippen molar-refractivity contribution in [1.29, 1.82) is 0 Å². The highest BCUT2D eigenvalue weighted by Gasteiger charge is 2.29. The molecule has 1 N–H and O–H groups in total. The lowest BCUT2D eigenvalue weighted by molar-refractivity contribution is -0.133. The molecule has 0 radical (unpaired) electrons. The number of likely N-dealkylation sites (N-methyl/N-ethyl adjacent to an activating group) is 1. The van der Waals surface area contributed by atoms with Gasteiger partial charge in [-0.15, -0.1) is 0 Å². The van der Waals surface area contributed by atoms with Crippen molar-refractivity contribution in [3.05, 3.63) is 70.8 Å². The van der Waals surface area contributed by atoms with E-state index >= 15 is 0 Å². The van der Waals surface area contributed by atoms with E-state index in [0.29, 0.717) is 6.54 Å². The predicted molar refractivity (Wildman–Crippen MR) is 100 cm³/mol. The van der Waals surface area contributed by atoms with E-state index in [1.807, 2.05) is 31.2 Å². The Morgan fingerprint density at radius 2 is 1.59 bits per heavy atom. The van der Waals surface area contributed by atoms with E-state index in [1.165, 1.54) is 11.0 Å². The van der Waals surface area contributed by atoms with Gasteiger partial charge in [0.2, 0.25) is 5.91 Å². The van der Waals surface area contributed by atoms with Gasteiger partial charge in [0.15, 0.2) is 0 Å². The first kappa shape index (κ1) is 20.6. The SMILES string of the molecule is Cc1ccc(CN(C)C(=O)[C@@H](NC(=O)c2c(F)cccc2F)C(C)C)cc1. The summed E-state index contributed by atoms with van der Waals surface area (Å²) in [5.74, 6) is -3.44. The normalized spacial score (nSPS) is 12.0. The highest BCUT2D eigenvalue weighted by molar-refractivity contribution is 5.98. The molecule has 0 unspecified atom stereocenters. The molecule has 2 amide bonds. The molecule has 1 atom stereocenters. The van der Waals surface area contributed by atoms with E-state index in [-0.39, 0.29) is 11.8 Å². The van der Waals surface area contributed by atoms with Crippen LogP contribution in [-0.4, -0.2) is 29.8 Å². The Balaban J connectivity index is 2.14. The lowest BCUT2D eigenvalue weighted by Crippen LogP contribution is -2.50. The molecule has 0 bridgehead atoms. The van der Waals surface area contributed by atoms with Crippen LogP contribution in [0.2, 0.25) is 0 Å². The summed E-state index contributed by atoms with van der Waals surface area (Å²) in [6.45, 7) is 5.87. The Kier molecular flexibility index (Phi) is 6.66. The zero-order valence-corrected chi connectivity index (χ0v) is 15.9. The average molecular weight is 374 g/mol. The second-order valence-corrected chi connectivity index (χ2v) is 6.97. The number of benzene rings is 2. The van der Waals surface area contributed by atoms with Crippen LogP contribution in [-0.2, 0) is 11.3 Å². The number of nitrogens with one attached hydrogen (secondary N) is 1. The maximum Gasteiger partial charge on any atom is 0.257 e. The largest absolute Gasteiger partial charge is 0.340 e. The maximum absolute atomic E-state index is 13.8. The van der Waals surface area contributed by atoms with Crippen LogP contribution in [0.15, 0.2) is 42.5 Å². The summed E-state index contributed by atoms with van der Waals surface area (Å²) >= 11 is 0. The fourth-order valence-electron chi connectivity index (χ4n) is 2.72. The van der Waals surface area contributed by atoms with E-state index in [4.69, 9.17) is 0 Å². The van der Waals surface area contributed by atoms with Crippen LogP contribution in [0, 0.1) is 24.5 Å². The smallest absolute Gasteiger partial charge is 0.257 e. The van der Waals surface area contributed by atoms with Gasteiger partial charge in [-0.25, -0.2) is 8.78 Å². The number of hydrogen-bond donors (Lipinski definition) is 1. The Labute approximate surface area is 158 Å². The van der Waals surface area contributed by atoms with Gasteiger partial charge < -0.3 is 10.2 Å². The number of aryl methyl sites for hydroxylation is 1. The Morgan fingerprint density at radius 1 is 1.04 bits per heavy atom. The summed E-state index contributed by atoms with van der Waals surface area (Å²) in [7, 11) is 1.63. The number of nitrogens with zero attached hydrogens (tertiary/aromatic N) is 1. The third kappa shape index (κ3) is 5.12. The van der Waals surface area contributed by atoms with E-state index in [0.717, 1.165) is 23.3 Å². The molecule has 4 nitrogen and oxygen atoms in total. The summed E-state index contributed by atoms with van der Waals surface area (Å²) in [5, 5.41) is 2.48. The molecule has 2 aromatic carbocycles. The van der Waals surface area contributed by atoms with Gasteiger partial charge >= 0.3 is 0 Å². The second-order valence-electron chi connectivity index (χ2n) is 6.97. The fourth-order valence-corrected chi connectivity index (χ4v) is 2.72. The molecule has 27 heavy (non-hydrogen) atoms. The number of carbonyl (C=O) groups is 2. The van der Waals surface area contributed by atoms with E-state index in [9.17, 15) is 18.4 Å². The number of hydrogen-bond acceptors (Lipinski definition) is 2. The first-order valence-corrected chi connectivity index (χ1v) is 8.76. The maximum atomic E-state index is 13.8. The molecule has 144 valence electrons. The lowest BCUT2D eigenvalue weighted by Gasteiger charge is -2.27. The van der Waals surface area contributed by atoms with Crippen LogP contribution >= 0.6 is 0 Å². The first-order chi connectivity index (χ1) is 12.7. The van der Waals surface area contributed by atoms with Crippen molar-refractivity contribution in [2.45, 2.75) is 33.4 Å². The molecule has 0 aliphatic heterocycles. The standard InChI is InChI=1S/C21H24F2N2O2/c1-13(2)19(24-20(26)18-16(22)6-5-7-17(18)23)21(27)25(4)12-15-10-8-14(3)9-11-15/h5-11,13,19H,12H2,1-4H3,(H,24,26)/t19-/m0/s1. The molecule has 2 aromatic rings. The zero-order valence-electron chi connectivity index (χ0n) is 15.9. The summed E-state index contributed by atoms with van der Waals surface area (Å²) in [6.07, 6.45) is 0. The number of halogens is 2. The minimum Gasteiger partial charge on any atom is -0.340 e. The molecular formula is C21H24F2N2O2. The van der Waals surface area contributed by atoms with Crippen LogP contribution < -0.4 is 5.32 Å². The molecule has 0 aromatic heterocycles. The number of carbonyl (C=O) groups excluding carboxylic acids is 2. The van der Waals surface area contributed by atoms with Gasteiger partial charge in [-0.05, 0) is 30.5 Å². The highest BCUT2D eigenvalue weighted by Crippen LogP contribution is 2.15. The van der Waals surface area contributed by atoms with E-state index in [2.05, 4.69) is 5.32 Å². The highest BCUT2D eigenvalue weighted by atomic mass is 19.1. The van der Waals surface area contributed by atoms with Crippen molar-refractivity contribution in [3.8, 4) is 0 Å². The summed E-state index contributed by atoms with van der Waals surface area (Å²) in [6, 6.07) is 10.1. The van der Waals surface area contributed by atoms with Gasteiger partial charge in [0.05, 0.1) is 0 Å². The molecule has 6 heteroatoms. The number of rotatable bonds is 6. The van der Waals surface area contributed by atoms with Crippen molar-refractivity contribution in [1.82, 2.24) is 10.2 Å². The molecule has 0 fully saturated rings. The zero-order chi connectivity index (χ0) is 20.1. The third-order valence-corrected chi connectivity index (χ3v) is 4.33. The van der Waals surface area contributed by atoms with Gasteiger partial charge in [-0.2, -0.15) is 0 Å². The molecule has 0 saturated heterocycles. The summed E-state index contributed by atoms with van der Waals surface area (Å²) in [5.41, 5.74) is 1.38. The lowest BCUT2D eigenvalue weighted by atomic mass is 10.0. The number of amides is 2. The first-order valence-electron chi connectivity index (χ1n) is 8.76. The van der Waals surface area contributed by atoms with Crippen molar-refractivity contribution >= 4 is 11.8 Å². The van der Waals surface area contributed by atoms with Crippen LogP contribution in [0.25, 0.3) is 0 Å². The van der Waals surface area contributed by atoms with Crippen molar-refractivity contribution in [3.63, 3.8) is 0 Å². The topological polar surface area (TPSA) is 49.4 Å². The van der Waals surface area contributed by atoms with Gasteiger partial charge in [0, 0.05) is 13.6 Å². The molecule has 0 aliphatic carbocycles. The van der Waals surface area contributed by atoms with Crippen LogP contribution in [0.1, 0.15) is 35.3 Å². The second kappa shape index (κ2) is 8.75. The van der Waals surface area contributed by atoms with E-state index < -0.39 is 29.1 Å². The van der Waals surface area contributed by atoms with Crippen LogP contribution in [0.5, 0.6) is 0 Å². The van der Waals surface area contributed by atoms with Crippen molar-refractivity contribution in [2.24, 2.45) is 5.92 Å². The minimum atomic E-state index is -0.963. The third-order valence-electron chi connectivity index (χ3n) is 4.33. The van der Waals surface area contributed by atoms with Gasteiger partial charge in [0.1, 0.15) is 23.2 Å². The predicted octanol–water partition coefficient (Wildman–Crippen LogP) is 3.69. The monoisotopic (exact) mass is 374 g/mol. The van der Waals surface area contributed by atoms with Crippen molar-refractivity contribution < 1.29 is 18.4 Å². The molecule has 2 rings (SSSR count). The molecule has 0 spiro atoms. The summed E-state index contributed by atoms with van der Waals surface area (Å²) in [4.78, 5) is 26.7. The van der Waals surface area contributed by atoms with Crippen LogP contribution in [0.4, 0.5) is 8.78 Å². The molecular weight excluding hydrogens is 350 g/mol. The quantitative estimate of drug-likeness (QED) is 0.838. The average Bonchev–Trinajstić information content (AvgIpc) is 2.60. The van der Waals surface area contributed by atoms with Crippen LogP contribution in [0.3, 0.4) is 0 Å². The van der Waals surface area contributed by atoms with Gasteiger partial charge in [0.25, 0.3) is 5.91 Å². The molecule has 0 saturated carbocycles. The Bertz CT molecular complexity index is 799.